The molecule has 1 atom stereocenters. The molecular formula is C13H19BrN2OS. The lowest BCUT2D eigenvalue weighted by molar-refractivity contribution is 0.0184. The van der Waals surface area contributed by atoms with Crippen molar-refractivity contribution in [3.63, 3.8) is 0 Å². The first-order valence-corrected chi connectivity index (χ1v) is 8.25. The van der Waals surface area contributed by atoms with E-state index in [0.29, 0.717) is 0 Å². The van der Waals surface area contributed by atoms with Gasteiger partial charge in [0.25, 0.3) is 0 Å². The third-order valence-corrected chi connectivity index (χ3v) is 5.49. The summed E-state index contributed by atoms with van der Waals surface area (Å²) >= 11 is 5.38. The summed E-state index contributed by atoms with van der Waals surface area (Å²) < 4.78 is 6.64. The summed E-state index contributed by atoms with van der Waals surface area (Å²) in [7, 11) is 0. The van der Waals surface area contributed by atoms with Crippen molar-refractivity contribution in [1.29, 1.82) is 0 Å². The van der Waals surface area contributed by atoms with Crippen LogP contribution in [0.3, 0.4) is 0 Å². The van der Waals surface area contributed by atoms with E-state index < -0.39 is 0 Å². The lowest BCUT2D eigenvalue weighted by Crippen LogP contribution is -2.44. The van der Waals surface area contributed by atoms with Crippen LogP contribution in [-0.2, 0) is 11.3 Å². The van der Waals surface area contributed by atoms with Crippen molar-refractivity contribution in [2.45, 2.75) is 19.0 Å². The highest BCUT2D eigenvalue weighted by Crippen LogP contribution is 2.24. The first kappa shape index (κ1) is 13.1. The Morgan fingerprint density at radius 3 is 2.89 bits per heavy atom. The van der Waals surface area contributed by atoms with Gasteiger partial charge in [0.15, 0.2) is 0 Å². The van der Waals surface area contributed by atoms with Gasteiger partial charge in [-0.2, -0.15) is 0 Å². The monoisotopic (exact) mass is 330 g/mol. The van der Waals surface area contributed by atoms with Gasteiger partial charge in [0, 0.05) is 53.5 Å². The Kier molecular flexibility index (Phi) is 4.36. The third-order valence-electron chi connectivity index (χ3n) is 3.81. The Morgan fingerprint density at radius 2 is 2.17 bits per heavy atom. The van der Waals surface area contributed by atoms with Gasteiger partial charge in [-0.15, -0.1) is 11.3 Å². The van der Waals surface area contributed by atoms with Crippen molar-refractivity contribution < 1.29 is 4.74 Å². The lowest BCUT2D eigenvalue weighted by Gasteiger charge is -2.32. The van der Waals surface area contributed by atoms with Crippen LogP contribution in [0.25, 0.3) is 0 Å². The quantitative estimate of drug-likeness (QED) is 0.846. The number of rotatable bonds is 3. The van der Waals surface area contributed by atoms with E-state index in [-0.39, 0.29) is 0 Å². The van der Waals surface area contributed by atoms with Crippen LogP contribution in [0.5, 0.6) is 0 Å². The molecule has 0 aliphatic carbocycles. The Hall–Kier alpha value is 0.0600. The maximum Gasteiger partial charge on any atom is 0.0594 e. The number of morpholine rings is 1. The molecule has 2 aliphatic rings. The molecule has 1 aromatic rings. The highest BCUT2D eigenvalue weighted by atomic mass is 79.9. The third kappa shape index (κ3) is 3.14. The number of nitrogens with zero attached hydrogens (tertiary/aromatic N) is 2. The van der Waals surface area contributed by atoms with Gasteiger partial charge in [-0.25, -0.2) is 0 Å². The van der Waals surface area contributed by atoms with Crippen LogP contribution in [0.2, 0.25) is 0 Å². The molecule has 1 aromatic heterocycles. The summed E-state index contributed by atoms with van der Waals surface area (Å²) in [5, 5.41) is 2.17. The molecule has 0 bridgehead atoms. The molecule has 0 amide bonds. The van der Waals surface area contributed by atoms with E-state index in [4.69, 9.17) is 4.74 Å². The molecule has 2 aliphatic heterocycles. The zero-order valence-corrected chi connectivity index (χ0v) is 12.9. The maximum absolute atomic E-state index is 5.43. The smallest absolute Gasteiger partial charge is 0.0594 e. The molecule has 0 saturated carbocycles. The molecule has 2 fully saturated rings. The van der Waals surface area contributed by atoms with Gasteiger partial charge < -0.3 is 4.74 Å². The van der Waals surface area contributed by atoms with Crippen molar-refractivity contribution in [1.82, 2.24) is 9.80 Å². The van der Waals surface area contributed by atoms with Gasteiger partial charge in [-0.05, 0) is 28.4 Å². The van der Waals surface area contributed by atoms with Gasteiger partial charge in [0.1, 0.15) is 0 Å². The van der Waals surface area contributed by atoms with Crippen molar-refractivity contribution in [3.05, 3.63) is 20.8 Å². The number of ether oxygens (including phenoxy) is 1. The second-order valence-corrected chi connectivity index (χ2v) is 6.97. The van der Waals surface area contributed by atoms with Crippen LogP contribution in [0.15, 0.2) is 15.9 Å². The van der Waals surface area contributed by atoms with Gasteiger partial charge in [0.05, 0.1) is 13.2 Å². The zero-order valence-electron chi connectivity index (χ0n) is 10.5. The molecule has 0 aromatic carbocycles. The Bertz CT molecular complexity index is 392. The summed E-state index contributed by atoms with van der Waals surface area (Å²) in [6.07, 6.45) is 1.31. The maximum atomic E-state index is 5.43. The lowest BCUT2D eigenvalue weighted by atomic mass is 10.2. The highest BCUT2D eigenvalue weighted by Gasteiger charge is 2.28. The second kappa shape index (κ2) is 6.01. The van der Waals surface area contributed by atoms with Crippen molar-refractivity contribution in [2.75, 3.05) is 39.4 Å². The molecule has 3 rings (SSSR count). The van der Waals surface area contributed by atoms with Crippen LogP contribution >= 0.6 is 27.3 Å². The Labute approximate surface area is 121 Å². The highest BCUT2D eigenvalue weighted by molar-refractivity contribution is 9.10. The predicted molar refractivity (Wildman–Crippen MR) is 78.1 cm³/mol. The molecule has 0 N–H and O–H groups in total. The van der Waals surface area contributed by atoms with Crippen LogP contribution in [0.1, 0.15) is 11.3 Å². The minimum Gasteiger partial charge on any atom is -0.379 e. The average molecular weight is 331 g/mol. The van der Waals surface area contributed by atoms with Crippen molar-refractivity contribution >= 4 is 27.3 Å². The van der Waals surface area contributed by atoms with Gasteiger partial charge in [-0.1, -0.05) is 0 Å². The molecule has 100 valence electrons. The zero-order chi connectivity index (χ0) is 12.4. The molecule has 0 spiro atoms. The minimum atomic E-state index is 0.748. The molecule has 1 unspecified atom stereocenters. The predicted octanol–water partition coefficient (Wildman–Crippen LogP) is 2.42. The Morgan fingerprint density at radius 1 is 1.33 bits per heavy atom. The van der Waals surface area contributed by atoms with E-state index in [1.165, 1.54) is 28.9 Å². The topological polar surface area (TPSA) is 15.7 Å². The van der Waals surface area contributed by atoms with Crippen LogP contribution in [0.4, 0.5) is 0 Å². The number of hydrogen-bond donors (Lipinski definition) is 0. The molecule has 3 nitrogen and oxygen atoms in total. The fraction of sp³-hybridized carbons (Fsp3) is 0.692. The van der Waals surface area contributed by atoms with E-state index in [0.717, 1.165) is 38.9 Å². The molecule has 2 saturated heterocycles. The minimum absolute atomic E-state index is 0.748. The first-order valence-electron chi connectivity index (χ1n) is 6.58. The summed E-state index contributed by atoms with van der Waals surface area (Å²) in [6, 6.07) is 2.99. The number of thiophene rings is 1. The van der Waals surface area contributed by atoms with Gasteiger partial charge >= 0.3 is 0 Å². The Balaban J connectivity index is 1.51. The SMILES string of the molecule is Brc1csc(CN2CCC(N3CCOCC3)C2)c1. The van der Waals surface area contributed by atoms with Crippen LogP contribution in [-0.4, -0.2) is 55.2 Å². The first-order chi connectivity index (χ1) is 8.81. The molecular weight excluding hydrogens is 312 g/mol. The molecule has 0 radical (unpaired) electrons. The van der Waals surface area contributed by atoms with Gasteiger partial charge in [0.2, 0.25) is 0 Å². The fourth-order valence-electron chi connectivity index (χ4n) is 2.85. The van der Waals surface area contributed by atoms with Crippen molar-refractivity contribution in [2.24, 2.45) is 0 Å². The largest absolute Gasteiger partial charge is 0.379 e. The summed E-state index contributed by atoms with van der Waals surface area (Å²) in [6.45, 7) is 7.61. The van der Waals surface area contributed by atoms with Crippen LogP contribution in [0, 0.1) is 0 Å². The normalized spacial score (nSPS) is 26.8. The molecule has 18 heavy (non-hydrogen) atoms. The average Bonchev–Trinajstić information content (AvgIpc) is 3.01. The van der Waals surface area contributed by atoms with Gasteiger partial charge in [-0.3, -0.25) is 9.80 Å². The second-order valence-electron chi connectivity index (χ2n) is 5.06. The number of hydrogen-bond acceptors (Lipinski definition) is 4. The summed E-state index contributed by atoms with van der Waals surface area (Å²) in [4.78, 5) is 6.65. The number of halogens is 1. The van der Waals surface area contributed by atoms with E-state index in [9.17, 15) is 0 Å². The summed E-state index contributed by atoms with van der Waals surface area (Å²) in [5.74, 6) is 0. The summed E-state index contributed by atoms with van der Waals surface area (Å²) in [5.41, 5.74) is 0. The number of likely N-dealkylation sites (tertiary alicyclic amines) is 1. The van der Waals surface area contributed by atoms with E-state index in [1.807, 2.05) is 11.3 Å². The molecule has 5 heteroatoms. The van der Waals surface area contributed by atoms with Crippen molar-refractivity contribution in [3.8, 4) is 0 Å². The standard InChI is InChI=1S/C13H19BrN2OS/c14-11-7-13(18-10-11)9-15-2-1-12(8-15)16-3-5-17-6-4-16/h7,10,12H,1-6,8-9H2. The van der Waals surface area contributed by atoms with E-state index in [2.05, 4.69) is 37.2 Å². The van der Waals surface area contributed by atoms with E-state index >= 15 is 0 Å². The fourth-order valence-corrected chi connectivity index (χ4v) is 4.35. The van der Waals surface area contributed by atoms with E-state index in [1.54, 1.807) is 0 Å². The molecule has 3 heterocycles. The van der Waals surface area contributed by atoms with Crippen LogP contribution < -0.4 is 0 Å².